The number of carbonyl (C=O) groups excluding carboxylic acids is 1. The van der Waals surface area contributed by atoms with Crippen molar-refractivity contribution < 1.29 is 24.2 Å². The number of hydrogen-bond acceptors (Lipinski definition) is 4. The Morgan fingerprint density at radius 1 is 1.24 bits per heavy atom. The molecule has 0 spiro atoms. The molecule has 0 fully saturated rings. The number of hydrogen-bond donors (Lipinski definition) is 2. The Bertz CT molecular complexity index is 721. The second-order valence-electron chi connectivity index (χ2n) is 4.16. The Labute approximate surface area is 118 Å². The smallest absolute Gasteiger partial charge is 0.376 e. The molecular formula is C14H11FN2O4. The minimum absolute atomic E-state index is 0.0359. The van der Waals surface area contributed by atoms with Crippen LogP contribution in [0.25, 0.3) is 5.76 Å². The number of halogens is 1. The van der Waals surface area contributed by atoms with Crippen LogP contribution in [-0.2, 0) is 16.1 Å². The molecule has 1 heterocycles. The summed E-state index contributed by atoms with van der Waals surface area (Å²) >= 11 is 0. The van der Waals surface area contributed by atoms with Gasteiger partial charge in [-0.2, -0.15) is 5.10 Å². The van der Waals surface area contributed by atoms with Crippen molar-refractivity contribution in [2.45, 2.75) is 6.54 Å². The lowest BCUT2D eigenvalue weighted by atomic mass is 10.2. The van der Waals surface area contributed by atoms with Crippen LogP contribution in [0.2, 0.25) is 0 Å². The van der Waals surface area contributed by atoms with Gasteiger partial charge < -0.3 is 10.2 Å². The number of ketones is 1. The minimum atomic E-state index is -1.68. The fraction of sp³-hybridized carbons (Fsp3) is 0.0714. The van der Waals surface area contributed by atoms with Gasteiger partial charge in [-0.3, -0.25) is 9.48 Å². The van der Waals surface area contributed by atoms with Crippen LogP contribution < -0.4 is 0 Å². The molecule has 2 N–H and O–H groups in total. The Balaban J connectivity index is 2.29. The highest BCUT2D eigenvalue weighted by Crippen LogP contribution is 2.14. The third-order valence-corrected chi connectivity index (χ3v) is 2.74. The predicted molar refractivity (Wildman–Crippen MR) is 71.0 cm³/mol. The maximum Gasteiger partial charge on any atom is 0.376 e. The van der Waals surface area contributed by atoms with Gasteiger partial charge in [0.25, 0.3) is 5.78 Å². The molecule has 0 amide bonds. The highest BCUT2D eigenvalue weighted by Gasteiger charge is 2.14. The largest absolute Gasteiger partial charge is 0.506 e. The van der Waals surface area contributed by atoms with Crippen LogP contribution in [0.3, 0.4) is 0 Å². The van der Waals surface area contributed by atoms with Crippen molar-refractivity contribution in [3.8, 4) is 0 Å². The van der Waals surface area contributed by atoms with E-state index in [-0.39, 0.29) is 12.2 Å². The van der Waals surface area contributed by atoms with Crippen molar-refractivity contribution in [3.63, 3.8) is 0 Å². The van der Waals surface area contributed by atoms with Crippen molar-refractivity contribution >= 4 is 17.5 Å². The molecule has 0 aliphatic rings. The van der Waals surface area contributed by atoms with E-state index in [0.29, 0.717) is 11.6 Å². The number of nitrogens with zero attached hydrogens (tertiary/aromatic N) is 2. The zero-order valence-electron chi connectivity index (χ0n) is 10.7. The Morgan fingerprint density at radius 3 is 2.62 bits per heavy atom. The first-order valence-corrected chi connectivity index (χ1v) is 5.92. The van der Waals surface area contributed by atoms with Crippen LogP contribution in [0.1, 0.15) is 11.3 Å². The Morgan fingerprint density at radius 2 is 1.95 bits per heavy atom. The highest BCUT2D eigenvalue weighted by atomic mass is 19.1. The Hall–Kier alpha value is -2.96. The van der Waals surface area contributed by atoms with E-state index in [9.17, 15) is 19.1 Å². The molecule has 0 saturated heterocycles. The van der Waals surface area contributed by atoms with Crippen LogP contribution in [0.15, 0.2) is 42.6 Å². The molecule has 0 unspecified atom stereocenters. The number of aliphatic hydroxyl groups excluding tert-OH is 1. The second-order valence-corrected chi connectivity index (χ2v) is 4.16. The molecule has 21 heavy (non-hydrogen) atoms. The number of aliphatic carboxylic acids is 1. The van der Waals surface area contributed by atoms with E-state index in [1.54, 1.807) is 18.2 Å². The third kappa shape index (κ3) is 3.33. The van der Waals surface area contributed by atoms with E-state index in [1.807, 2.05) is 0 Å². The van der Waals surface area contributed by atoms with E-state index >= 15 is 0 Å². The van der Waals surface area contributed by atoms with E-state index < -0.39 is 23.3 Å². The molecule has 1 aromatic carbocycles. The first kappa shape index (κ1) is 14.4. The molecular weight excluding hydrogens is 279 g/mol. The zero-order valence-corrected chi connectivity index (χ0v) is 10.7. The fourth-order valence-electron chi connectivity index (χ4n) is 1.72. The molecule has 0 radical (unpaired) electrons. The van der Waals surface area contributed by atoms with Gasteiger partial charge in [0.15, 0.2) is 0 Å². The van der Waals surface area contributed by atoms with Crippen molar-refractivity contribution in [2.75, 3.05) is 0 Å². The molecule has 2 aromatic rings. The third-order valence-electron chi connectivity index (χ3n) is 2.74. The van der Waals surface area contributed by atoms with Crippen molar-refractivity contribution in [1.82, 2.24) is 9.78 Å². The molecule has 0 bridgehead atoms. The molecule has 0 saturated carbocycles. The maximum atomic E-state index is 13.6. The topological polar surface area (TPSA) is 92.4 Å². The summed E-state index contributed by atoms with van der Waals surface area (Å²) in [5.41, 5.74) is 0.465. The summed E-state index contributed by atoms with van der Waals surface area (Å²) in [6.07, 6.45) is 1.93. The lowest BCUT2D eigenvalue weighted by molar-refractivity contribution is -0.146. The monoisotopic (exact) mass is 290 g/mol. The van der Waals surface area contributed by atoms with Gasteiger partial charge in [-0.1, -0.05) is 18.2 Å². The van der Waals surface area contributed by atoms with Gasteiger partial charge in [-0.15, -0.1) is 0 Å². The quantitative estimate of drug-likeness (QED) is 0.496. The fourth-order valence-corrected chi connectivity index (χ4v) is 1.72. The van der Waals surface area contributed by atoms with Gasteiger partial charge in [0.2, 0.25) is 0 Å². The SMILES string of the molecule is O=C(O)C(=O)C=C(O)c1ccnn1Cc1ccccc1F. The van der Waals surface area contributed by atoms with Gasteiger partial charge in [0.05, 0.1) is 6.54 Å². The number of aliphatic hydroxyl groups is 1. The predicted octanol–water partition coefficient (Wildman–Crippen LogP) is 1.62. The van der Waals surface area contributed by atoms with E-state index in [2.05, 4.69) is 5.10 Å². The molecule has 0 atom stereocenters. The minimum Gasteiger partial charge on any atom is -0.506 e. The van der Waals surface area contributed by atoms with E-state index in [0.717, 1.165) is 0 Å². The normalized spacial score (nSPS) is 11.4. The van der Waals surface area contributed by atoms with E-state index in [1.165, 1.54) is 23.0 Å². The number of benzene rings is 1. The number of aromatic nitrogens is 2. The van der Waals surface area contributed by atoms with Crippen molar-refractivity contribution in [3.05, 3.63) is 59.7 Å². The van der Waals surface area contributed by atoms with Crippen molar-refractivity contribution in [2.24, 2.45) is 0 Å². The number of carboxylic acids is 1. The number of carboxylic acid groups (broad SMARTS) is 1. The van der Waals surface area contributed by atoms with Crippen LogP contribution in [0.4, 0.5) is 4.39 Å². The van der Waals surface area contributed by atoms with Crippen LogP contribution in [0.5, 0.6) is 0 Å². The van der Waals surface area contributed by atoms with E-state index in [4.69, 9.17) is 5.11 Å². The molecule has 0 aliphatic heterocycles. The number of rotatable bonds is 5. The van der Waals surface area contributed by atoms with Gasteiger partial charge in [-0.05, 0) is 12.1 Å². The Kier molecular flexibility index (Phi) is 4.13. The second kappa shape index (κ2) is 6.00. The van der Waals surface area contributed by atoms with Crippen LogP contribution in [0, 0.1) is 5.82 Å². The van der Waals surface area contributed by atoms with Crippen LogP contribution >= 0.6 is 0 Å². The summed E-state index contributed by atoms with van der Waals surface area (Å²) in [5, 5.41) is 22.2. The summed E-state index contributed by atoms with van der Waals surface area (Å²) in [6.45, 7) is 0.0359. The average Bonchev–Trinajstić information content (AvgIpc) is 2.89. The lowest BCUT2D eigenvalue weighted by Crippen LogP contribution is -2.11. The molecule has 108 valence electrons. The van der Waals surface area contributed by atoms with Gasteiger partial charge in [0, 0.05) is 17.8 Å². The van der Waals surface area contributed by atoms with Crippen molar-refractivity contribution in [1.29, 1.82) is 0 Å². The highest BCUT2D eigenvalue weighted by molar-refractivity contribution is 6.38. The average molecular weight is 290 g/mol. The maximum absolute atomic E-state index is 13.6. The molecule has 1 aromatic heterocycles. The lowest BCUT2D eigenvalue weighted by Gasteiger charge is -2.07. The molecule has 7 heteroatoms. The van der Waals surface area contributed by atoms with Gasteiger partial charge >= 0.3 is 5.97 Å². The summed E-state index contributed by atoms with van der Waals surface area (Å²) in [6, 6.07) is 7.45. The zero-order chi connectivity index (χ0) is 15.4. The summed E-state index contributed by atoms with van der Waals surface area (Å²) in [4.78, 5) is 21.5. The summed E-state index contributed by atoms with van der Waals surface area (Å²) in [7, 11) is 0. The molecule has 0 aliphatic carbocycles. The standard InChI is InChI=1S/C14H11FN2O4/c15-10-4-2-1-3-9(10)8-17-11(5-6-16-17)12(18)7-13(19)14(20)21/h1-7,18H,8H2,(H,20,21). The molecule has 2 rings (SSSR count). The summed E-state index contributed by atoms with van der Waals surface area (Å²) in [5.74, 6) is -3.91. The molecule has 6 nitrogen and oxygen atoms in total. The number of carbonyl (C=O) groups is 2. The van der Waals surface area contributed by atoms with Gasteiger partial charge in [0.1, 0.15) is 17.3 Å². The van der Waals surface area contributed by atoms with Gasteiger partial charge in [-0.25, -0.2) is 9.18 Å². The van der Waals surface area contributed by atoms with Crippen LogP contribution in [-0.4, -0.2) is 31.7 Å². The summed E-state index contributed by atoms with van der Waals surface area (Å²) < 4.78 is 14.8. The first-order valence-electron chi connectivity index (χ1n) is 5.92. The first-order chi connectivity index (χ1) is 9.99.